The maximum Gasteiger partial charge on any atom is 0.315 e. The van der Waals surface area contributed by atoms with Crippen molar-refractivity contribution in [3.05, 3.63) is 28.3 Å². The van der Waals surface area contributed by atoms with Crippen LogP contribution in [0.15, 0.2) is 18.2 Å². The standard InChI is InChI=1S/C13H19N3O2/c1-2-9-14-11-7-4-8-12(13(11)16(17)18)15-10-5-3-6-10/h4,7-8,10,14-15H,2-3,5-6,9H2,1H3. The number of nitro groups is 1. The zero-order valence-corrected chi connectivity index (χ0v) is 10.6. The number of nitro benzene ring substituents is 1. The molecule has 0 spiro atoms. The van der Waals surface area contributed by atoms with Crippen molar-refractivity contribution in [1.29, 1.82) is 0 Å². The molecule has 1 aliphatic carbocycles. The second kappa shape index (κ2) is 5.71. The van der Waals surface area contributed by atoms with Crippen molar-refractivity contribution < 1.29 is 4.92 Å². The van der Waals surface area contributed by atoms with Crippen molar-refractivity contribution in [2.24, 2.45) is 0 Å². The van der Waals surface area contributed by atoms with Gasteiger partial charge in [0, 0.05) is 12.6 Å². The number of nitrogens with zero attached hydrogens (tertiary/aromatic N) is 1. The van der Waals surface area contributed by atoms with E-state index >= 15 is 0 Å². The van der Waals surface area contributed by atoms with E-state index in [0.29, 0.717) is 17.4 Å². The molecule has 5 heteroatoms. The minimum Gasteiger partial charge on any atom is -0.379 e. The van der Waals surface area contributed by atoms with E-state index in [2.05, 4.69) is 10.6 Å². The Morgan fingerprint density at radius 3 is 2.67 bits per heavy atom. The van der Waals surface area contributed by atoms with Gasteiger partial charge in [0.15, 0.2) is 0 Å². The molecule has 0 radical (unpaired) electrons. The first-order valence-electron chi connectivity index (χ1n) is 6.50. The molecule has 1 aromatic rings. The van der Waals surface area contributed by atoms with Gasteiger partial charge < -0.3 is 10.6 Å². The molecule has 0 bridgehead atoms. The SMILES string of the molecule is CCCNc1cccc(NC2CCC2)c1[N+](=O)[O-]. The lowest BCUT2D eigenvalue weighted by Crippen LogP contribution is -2.27. The Labute approximate surface area is 107 Å². The lowest BCUT2D eigenvalue weighted by atomic mass is 9.93. The molecule has 1 saturated carbocycles. The van der Waals surface area contributed by atoms with Crippen LogP contribution >= 0.6 is 0 Å². The fraction of sp³-hybridized carbons (Fsp3) is 0.538. The number of benzene rings is 1. The first-order chi connectivity index (χ1) is 8.72. The Morgan fingerprint density at radius 1 is 1.39 bits per heavy atom. The van der Waals surface area contributed by atoms with Gasteiger partial charge in [-0.1, -0.05) is 13.0 Å². The van der Waals surface area contributed by atoms with Gasteiger partial charge in [-0.3, -0.25) is 10.1 Å². The van der Waals surface area contributed by atoms with Gasteiger partial charge in [-0.05, 0) is 37.8 Å². The molecule has 2 rings (SSSR count). The number of hydrogen-bond donors (Lipinski definition) is 2. The summed E-state index contributed by atoms with van der Waals surface area (Å²) in [5, 5.41) is 17.6. The second-order valence-corrected chi connectivity index (χ2v) is 4.66. The van der Waals surface area contributed by atoms with Crippen molar-refractivity contribution in [1.82, 2.24) is 0 Å². The van der Waals surface area contributed by atoms with E-state index in [1.165, 1.54) is 6.42 Å². The van der Waals surface area contributed by atoms with Crippen molar-refractivity contribution >= 4 is 17.1 Å². The average molecular weight is 249 g/mol. The summed E-state index contributed by atoms with van der Waals surface area (Å²) in [4.78, 5) is 10.9. The van der Waals surface area contributed by atoms with Crippen molar-refractivity contribution in [3.8, 4) is 0 Å². The molecule has 98 valence electrons. The third-order valence-corrected chi connectivity index (χ3v) is 3.25. The van der Waals surface area contributed by atoms with Crippen LogP contribution in [0.5, 0.6) is 0 Å². The third-order valence-electron chi connectivity index (χ3n) is 3.25. The molecule has 1 aromatic carbocycles. The summed E-state index contributed by atoms with van der Waals surface area (Å²) in [7, 11) is 0. The highest BCUT2D eigenvalue weighted by Crippen LogP contribution is 2.35. The van der Waals surface area contributed by atoms with Gasteiger partial charge in [-0.15, -0.1) is 0 Å². The highest BCUT2D eigenvalue weighted by molar-refractivity contribution is 5.76. The zero-order valence-electron chi connectivity index (χ0n) is 10.6. The first kappa shape index (κ1) is 12.7. The van der Waals surface area contributed by atoms with E-state index in [1.54, 1.807) is 12.1 Å². The number of nitrogens with one attached hydrogen (secondary N) is 2. The van der Waals surface area contributed by atoms with Crippen LogP contribution in [0.4, 0.5) is 17.1 Å². The fourth-order valence-electron chi connectivity index (χ4n) is 2.03. The molecule has 0 aromatic heterocycles. The fourth-order valence-corrected chi connectivity index (χ4v) is 2.03. The highest BCUT2D eigenvalue weighted by Gasteiger charge is 2.24. The van der Waals surface area contributed by atoms with Gasteiger partial charge in [0.1, 0.15) is 11.4 Å². The molecular formula is C13H19N3O2. The summed E-state index contributed by atoms with van der Waals surface area (Å²) >= 11 is 0. The molecule has 0 unspecified atom stereocenters. The molecule has 18 heavy (non-hydrogen) atoms. The minimum absolute atomic E-state index is 0.165. The van der Waals surface area contributed by atoms with Crippen molar-refractivity contribution in [2.45, 2.75) is 38.6 Å². The van der Waals surface area contributed by atoms with Gasteiger partial charge in [-0.25, -0.2) is 0 Å². The van der Waals surface area contributed by atoms with Gasteiger partial charge in [-0.2, -0.15) is 0 Å². The van der Waals surface area contributed by atoms with Crippen LogP contribution in [0.2, 0.25) is 0 Å². The molecule has 0 saturated heterocycles. The van der Waals surface area contributed by atoms with Crippen molar-refractivity contribution in [2.75, 3.05) is 17.2 Å². The summed E-state index contributed by atoms with van der Waals surface area (Å²) in [5.41, 5.74) is 1.40. The monoisotopic (exact) mass is 249 g/mol. The van der Waals surface area contributed by atoms with E-state index in [4.69, 9.17) is 0 Å². The van der Waals surface area contributed by atoms with E-state index < -0.39 is 0 Å². The number of anilines is 2. The van der Waals surface area contributed by atoms with Crippen LogP contribution in [-0.4, -0.2) is 17.5 Å². The maximum atomic E-state index is 11.2. The van der Waals surface area contributed by atoms with Crippen LogP contribution in [0, 0.1) is 10.1 Å². The maximum absolute atomic E-state index is 11.2. The number of rotatable bonds is 6. The van der Waals surface area contributed by atoms with Gasteiger partial charge in [0.05, 0.1) is 4.92 Å². The summed E-state index contributed by atoms with van der Waals surface area (Å²) in [6, 6.07) is 5.80. The van der Waals surface area contributed by atoms with Crippen LogP contribution in [0.1, 0.15) is 32.6 Å². The van der Waals surface area contributed by atoms with Crippen LogP contribution in [0.3, 0.4) is 0 Å². The average Bonchev–Trinajstić information content (AvgIpc) is 2.30. The lowest BCUT2D eigenvalue weighted by molar-refractivity contribution is -0.383. The van der Waals surface area contributed by atoms with E-state index in [1.807, 2.05) is 13.0 Å². The molecule has 0 aliphatic heterocycles. The molecule has 5 nitrogen and oxygen atoms in total. The number of hydrogen-bond acceptors (Lipinski definition) is 4. The van der Waals surface area contributed by atoms with E-state index in [-0.39, 0.29) is 10.6 Å². The summed E-state index contributed by atoms with van der Waals surface area (Å²) in [5.74, 6) is 0. The highest BCUT2D eigenvalue weighted by atomic mass is 16.6. The molecule has 1 fully saturated rings. The second-order valence-electron chi connectivity index (χ2n) is 4.66. The molecule has 0 atom stereocenters. The summed E-state index contributed by atoms with van der Waals surface area (Å²) < 4.78 is 0. The van der Waals surface area contributed by atoms with Gasteiger partial charge in [0.25, 0.3) is 0 Å². The molecule has 2 N–H and O–H groups in total. The molecular weight excluding hydrogens is 230 g/mol. The zero-order chi connectivity index (χ0) is 13.0. The topological polar surface area (TPSA) is 67.2 Å². The summed E-state index contributed by atoms with van der Waals surface area (Å²) in [6.07, 6.45) is 4.35. The Bertz CT molecular complexity index is 430. The largest absolute Gasteiger partial charge is 0.379 e. The van der Waals surface area contributed by atoms with Crippen LogP contribution < -0.4 is 10.6 Å². The smallest absolute Gasteiger partial charge is 0.315 e. The predicted molar refractivity (Wildman–Crippen MR) is 73.1 cm³/mol. The minimum atomic E-state index is -0.307. The Kier molecular flexibility index (Phi) is 4.02. The predicted octanol–water partition coefficient (Wildman–Crippen LogP) is 3.38. The van der Waals surface area contributed by atoms with Crippen molar-refractivity contribution in [3.63, 3.8) is 0 Å². The quantitative estimate of drug-likeness (QED) is 0.599. The first-order valence-corrected chi connectivity index (χ1v) is 6.50. The molecule has 0 amide bonds. The van der Waals surface area contributed by atoms with Crippen LogP contribution in [-0.2, 0) is 0 Å². The van der Waals surface area contributed by atoms with Crippen LogP contribution in [0.25, 0.3) is 0 Å². The van der Waals surface area contributed by atoms with E-state index in [9.17, 15) is 10.1 Å². The normalized spacial score (nSPS) is 14.9. The van der Waals surface area contributed by atoms with Gasteiger partial charge >= 0.3 is 5.69 Å². The Balaban J connectivity index is 2.23. The molecule has 0 heterocycles. The Hall–Kier alpha value is -1.78. The Morgan fingerprint density at radius 2 is 2.11 bits per heavy atom. The number of para-hydroxylation sites is 1. The third kappa shape index (κ3) is 2.72. The lowest BCUT2D eigenvalue weighted by Gasteiger charge is -2.27. The molecule has 1 aliphatic rings. The van der Waals surface area contributed by atoms with E-state index in [0.717, 1.165) is 25.8 Å². The van der Waals surface area contributed by atoms with Gasteiger partial charge in [0.2, 0.25) is 0 Å². The summed E-state index contributed by atoms with van der Waals surface area (Å²) in [6.45, 7) is 2.78.